The standard InChI is InChI=1S/C12H18NO2.Ba.H/c1-3-10-14-13(15-11-4-2)12-8-6-5-7-9-12;;/h5-8H,3-4,10-11H2,1-2H3;;. The molecule has 3 nitrogen and oxygen atoms in total. The van der Waals surface area contributed by atoms with E-state index in [1.807, 2.05) is 6.07 Å². The SMILES string of the molecule is CCCON(OCCC)c1cccc[c]1[BaH]. The Bertz CT molecular complexity index is 299. The molecule has 1 aromatic rings. The molecule has 0 radical (unpaired) electrons. The van der Waals surface area contributed by atoms with Crippen LogP contribution in [0, 0.1) is 0 Å². The summed E-state index contributed by atoms with van der Waals surface area (Å²) in [4.78, 5) is 11.2. The van der Waals surface area contributed by atoms with Crippen LogP contribution in [0.4, 0.5) is 5.69 Å². The summed E-state index contributed by atoms with van der Waals surface area (Å²) in [7, 11) is 0. The van der Waals surface area contributed by atoms with Gasteiger partial charge in [0.2, 0.25) is 0 Å². The van der Waals surface area contributed by atoms with E-state index in [-0.39, 0.29) is 0 Å². The van der Waals surface area contributed by atoms with Crippen LogP contribution >= 0.6 is 0 Å². The Morgan fingerprint density at radius 3 is 2.12 bits per heavy atom. The first kappa shape index (κ1) is 14.6. The van der Waals surface area contributed by atoms with Crippen molar-refractivity contribution in [2.75, 3.05) is 18.4 Å². The van der Waals surface area contributed by atoms with Crippen LogP contribution in [-0.4, -0.2) is 59.7 Å². The monoisotopic (exact) mass is 347 g/mol. The zero-order valence-corrected chi connectivity index (χ0v) is 16.7. The Balaban J connectivity index is 2.70. The third kappa shape index (κ3) is 4.79. The maximum atomic E-state index is 5.61. The van der Waals surface area contributed by atoms with Gasteiger partial charge in [-0.15, -0.1) is 0 Å². The van der Waals surface area contributed by atoms with Crippen molar-refractivity contribution in [1.29, 1.82) is 0 Å². The summed E-state index contributed by atoms with van der Waals surface area (Å²) >= 11 is 0.353. The van der Waals surface area contributed by atoms with Crippen LogP contribution in [0.1, 0.15) is 26.7 Å². The zero-order chi connectivity index (χ0) is 11.8. The molecule has 0 aliphatic heterocycles. The second-order valence-corrected chi connectivity index (χ2v) is 7.09. The number of para-hydroxylation sites is 1. The fraction of sp³-hybridized carbons (Fsp3) is 0.500. The van der Waals surface area contributed by atoms with Crippen LogP contribution < -0.4 is 5.26 Å². The molecule has 0 fully saturated rings. The van der Waals surface area contributed by atoms with Crippen molar-refractivity contribution >= 4 is 52.3 Å². The summed E-state index contributed by atoms with van der Waals surface area (Å²) in [6, 6.07) is 8.29. The molecule has 4 heteroatoms. The average Bonchev–Trinajstić information content (AvgIpc) is 2.31. The minimum atomic E-state index is 0.353. The van der Waals surface area contributed by atoms with Crippen molar-refractivity contribution in [3.8, 4) is 0 Å². The second kappa shape index (κ2) is 8.58. The van der Waals surface area contributed by atoms with E-state index in [4.69, 9.17) is 9.68 Å². The topological polar surface area (TPSA) is 21.7 Å². The Labute approximate surface area is 130 Å². The number of anilines is 1. The molecule has 0 heterocycles. The van der Waals surface area contributed by atoms with Gasteiger partial charge in [0.25, 0.3) is 0 Å². The molecule has 0 aromatic heterocycles. The Kier molecular flexibility index (Phi) is 7.81. The zero-order valence-electron chi connectivity index (χ0n) is 10.4. The normalized spacial score (nSPS) is 10.3. The van der Waals surface area contributed by atoms with E-state index in [2.05, 4.69) is 32.0 Å². The molecule has 0 saturated carbocycles. The summed E-state index contributed by atoms with van der Waals surface area (Å²) < 4.78 is 1.37. The maximum absolute atomic E-state index is 5.61. The van der Waals surface area contributed by atoms with Gasteiger partial charge in [0, 0.05) is 0 Å². The first-order valence-corrected chi connectivity index (χ1v) is 9.05. The summed E-state index contributed by atoms with van der Waals surface area (Å²) in [6.45, 7) is 5.57. The van der Waals surface area contributed by atoms with Gasteiger partial charge in [-0.25, -0.2) is 0 Å². The Morgan fingerprint density at radius 2 is 1.62 bits per heavy atom. The van der Waals surface area contributed by atoms with E-state index in [9.17, 15) is 0 Å². The van der Waals surface area contributed by atoms with Crippen LogP contribution in [0.2, 0.25) is 0 Å². The summed E-state index contributed by atoms with van der Waals surface area (Å²) in [5.41, 5.74) is 1.08. The van der Waals surface area contributed by atoms with Gasteiger partial charge in [0.1, 0.15) is 0 Å². The molecule has 0 atom stereocenters. The number of nitrogens with zero attached hydrogens (tertiary/aromatic N) is 1. The predicted octanol–water partition coefficient (Wildman–Crippen LogP) is 1.70. The van der Waals surface area contributed by atoms with Gasteiger partial charge in [-0.2, -0.15) is 0 Å². The fourth-order valence-corrected chi connectivity index (χ4v) is 2.99. The van der Waals surface area contributed by atoms with Crippen molar-refractivity contribution in [1.82, 2.24) is 0 Å². The quantitative estimate of drug-likeness (QED) is 0.554. The molecule has 0 N–H and O–H groups in total. The minimum absolute atomic E-state index is 0.353. The van der Waals surface area contributed by atoms with Crippen molar-refractivity contribution in [2.24, 2.45) is 0 Å². The third-order valence-electron chi connectivity index (χ3n) is 2.14. The summed E-state index contributed by atoms with van der Waals surface area (Å²) in [5, 5.41) is 1.60. The van der Waals surface area contributed by atoms with Crippen LogP contribution in [0.3, 0.4) is 0 Å². The van der Waals surface area contributed by atoms with Gasteiger partial charge in [0.05, 0.1) is 0 Å². The van der Waals surface area contributed by atoms with Crippen molar-refractivity contribution in [3.63, 3.8) is 0 Å². The predicted molar refractivity (Wildman–Crippen MR) is 68.2 cm³/mol. The number of benzene rings is 1. The molecule has 1 aromatic carbocycles. The molecule has 0 bridgehead atoms. The molecule has 0 saturated heterocycles. The summed E-state index contributed by atoms with van der Waals surface area (Å²) in [6.07, 6.45) is 1.98. The van der Waals surface area contributed by atoms with E-state index >= 15 is 0 Å². The van der Waals surface area contributed by atoms with Crippen LogP contribution in [0.5, 0.6) is 0 Å². The third-order valence-corrected chi connectivity index (χ3v) is 4.79. The molecule has 0 amide bonds. The first-order chi connectivity index (χ1) is 7.79. The van der Waals surface area contributed by atoms with Crippen molar-refractivity contribution in [3.05, 3.63) is 24.3 Å². The van der Waals surface area contributed by atoms with Gasteiger partial charge in [-0.05, 0) is 0 Å². The molecular formula is C12H19BaNO2. The van der Waals surface area contributed by atoms with E-state index in [1.165, 1.54) is 0.0314 Å². The number of hydrogen-bond donors (Lipinski definition) is 0. The molecule has 16 heavy (non-hydrogen) atoms. The van der Waals surface area contributed by atoms with Crippen molar-refractivity contribution in [2.45, 2.75) is 26.7 Å². The van der Waals surface area contributed by atoms with Crippen LogP contribution in [0.25, 0.3) is 0 Å². The Hall–Kier alpha value is 0.511. The van der Waals surface area contributed by atoms with Gasteiger partial charge in [-0.1, -0.05) is 0 Å². The first-order valence-electron chi connectivity index (χ1n) is 5.91. The van der Waals surface area contributed by atoms with E-state index in [0.29, 0.717) is 59.7 Å². The Morgan fingerprint density at radius 1 is 1.06 bits per heavy atom. The fourth-order valence-electron chi connectivity index (χ4n) is 1.29. The molecular weight excluding hydrogens is 327 g/mol. The van der Waals surface area contributed by atoms with Crippen molar-refractivity contribution < 1.29 is 9.68 Å². The van der Waals surface area contributed by atoms with Gasteiger partial charge >= 0.3 is 131 Å². The molecule has 0 aliphatic rings. The van der Waals surface area contributed by atoms with E-state index in [1.54, 1.807) is 5.23 Å². The number of rotatable bonds is 7. The molecule has 0 spiro atoms. The molecule has 0 unspecified atom stereocenters. The summed E-state index contributed by atoms with van der Waals surface area (Å²) in [5.74, 6) is 0. The average molecular weight is 347 g/mol. The second-order valence-electron chi connectivity index (χ2n) is 3.71. The molecule has 0 aliphatic carbocycles. The van der Waals surface area contributed by atoms with Gasteiger partial charge < -0.3 is 0 Å². The van der Waals surface area contributed by atoms with Crippen LogP contribution in [0.15, 0.2) is 24.3 Å². The molecule has 86 valence electrons. The van der Waals surface area contributed by atoms with Crippen LogP contribution in [-0.2, 0) is 9.68 Å². The van der Waals surface area contributed by atoms with Gasteiger partial charge in [-0.3, -0.25) is 0 Å². The number of hydrogen-bond acceptors (Lipinski definition) is 3. The van der Waals surface area contributed by atoms with E-state index in [0.717, 1.165) is 18.5 Å². The van der Waals surface area contributed by atoms with E-state index < -0.39 is 0 Å². The molecule has 1 rings (SSSR count). The van der Waals surface area contributed by atoms with Gasteiger partial charge in [0.15, 0.2) is 0 Å².